The zero-order valence-electron chi connectivity index (χ0n) is 24.2. The van der Waals surface area contributed by atoms with E-state index in [1.807, 2.05) is 48.5 Å². The van der Waals surface area contributed by atoms with Crippen LogP contribution < -0.4 is 9.47 Å². The van der Waals surface area contributed by atoms with Gasteiger partial charge in [-0.1, -0.05) is 35.9 Å². The molecule has 3 aromatic rings. The van der Waals surface area contributed by atoms with Crippen LogP contribution in [-0.4, -0.2) is 65.1 Å². The number of halogens is 1. The van der Waals surface area contributed by atoms with Gasteiger partial charge < -0.3 is 24.4 Å². The average Bonchev–Trinajstić information content (AvgIpc) is 3.10. The summed E-state index contributed by atoms with van der Waals surface area (Å²) in [5.41, 5.74) is 2.95. The van der Waals surface area contributed by atoms with Crippen molar-refractivity contribution in [2.45, 2.75) is 50.9 Å². The zero-order valence-corrected chi connectivity index (χ0v) is 24.9. The summed E-state index contributed by atoms with van der Waals surface area (Å²) in [7, 11) is 3.45. The van der Waals surface area contributed by atoms with Crippen LogP contribution in [0.15, 0.2) is 66.9 Å². The van der Waals surface area contributed by atoms with E-state index in [0.717, 1.165) is 59.8 Å². The second-order valence-corrected chi connectivity index (χ2v) is 12.0. The predicted octanol–water partition coefficient (Wildman–Crippen LogP) is 5.68. The number of hydrogen-bond acceptors (Lipinski definition) is 6. The first-order chi connectivity index (χ1) is 19.6. The highest BCUT2D eigenvalue weighted by atomic mass is 35.5. The molecule has 0 aliphatic carbocycles. The number of hydrogen-bond donors (Lipinski definition) is 1. The molecule has 0 spiro atoms. The fourth-order valence-corrected chi connectivity index (χ4v) is 5.81. The molecule has 1 fully saturated rings. The van der Waals surface area contributed by atoms with Crippen molar-refractivity contribution in [2.75, 3.05) is 33.7 Å². The van der Waals surface area contributed by atoms with Gasteiger partial charge in [0.05, 0.1) is 11.3 Å². The van der Waals surface area contributed by atoms with Crippen molar-refractivity contribution in [3.05, 3.63) is 94.3 Å². The van der Waals surface area contributed by atoms with Gasteiger partial charge in [-0.2, -0.15) is 0 Å². The summed E-state index contributed by atoms with van der Waals surface area (Å²) in [6.45, 7) is 6.42. The summed E-state index contributed by atoms with van der Waals surface area (Å²) in [5, 5.41) is 11.9. The Bertz CT molecular complexity index is 1430. The first-order valence-electron chi connectivity index (χ1n) is 14.1. The Balaban J connectivity index is 1.35. The molecule has 41 heavy (non-hydrogen) atoms. The van der Waals surface area contributed by atoms with Crippen molar-refractivity contribution in [2.24, 2.45) is 0 Å². The zero-order chi connectivity index (χ0) is 29.2. The Kier molecular flexibility index (Phi) is 8.41. The molecule has 2 aromatic carbocycles. The van der Waals surface area contributed by atoms with Crippen molar-refractivity contribution in [3.8, 4) is 11.5 Å². The van der Waals surface area contributed by atoms with Crippen molar-refractivity contribution < 1.29 is 19.4 Å². The molecule has 1 amide bonds. The molecular formula is C33H38ClN3O4. The maximum atomic E-state index is 12.7. The molecule has 216 valence electrons. The Morgan fingerprint density at radius 3 is 2.59 bits per heavy atom. The second-order valence-electron chi connectivity index (χ2n) is 11.5. The molecule has 0 unspecified atom stereocenters. The van der Waals surface area contributed by atoms with Crippen molar-refractivity contribution in [1.82, 2.24) is 14.8 Å². The minimum absolute atomic E-state index is 0.113. The van der Waals surface area contributed by atoms with Crippen molar-refractivity contribution in [1.29, 1.82) is 0 Å². The van der Waals surface area contributed by atoms with Gasteiger partial charge >= 0.3 is 0 Å². The monoisotopic (exact) mass is 575 g/mol. The Hall–Kier alpha value is -3.39. The van der Waals surface area contributed by atoms with Gasteiger partial charge in [-0.05, 0) is 80.6 Å². The third kappa shape index (κ3) is 6.43. The fourth-order valence-electron chi connectivity index (χ4n) is 5.68. The molecule has 7 nitrogen and oxygen atoms in total. The van der Waals surface area contributed by atoms with E-state index in [9.17, 15) is 9.90 Å². The van der Waals surface area contributed by atoms with Crippen LogP contribution in [0.25, 0.3) is 5.57 Å². The number of fused-ring (bicyclic) bond motifs is 2. The summed E-state index contributed by atoms with van der Waals surface area (Å²) in [4.78, 5) is 21.2. The van der Waals surface area contributed by atoms with Crippen LogP contribution in [0.3, 0.4) is 0 Å². The number of aliphatic hydroxyl groups is 1. The number of carbonyl (C=O) groups is 1. The van der Waals surface area contributed by atoms with Crippen molar-refractivity contribution >= 4 is 23.1 Å². The topological polar surface area (TPSA) is 75.1 Å². The summed E-state index contributed by atoms with van der Waals surface area (Å²) in [6.07, 6.45) is 6.20. The molecule has 1 N–H and O–H groups in total. The summed E-state index contributed by atoms with van der Waals surface area (Å²) >= 11 is 6.05. The number of likely N-dealkylation sites (tertiary alicyclic amines) is 1. The molecule has 8 heteroatoms. The lowest BCUT2D eigenvalue weighted by atomic mass is 9.84. The number of amides is 1. The van der Waals surface area contributed by atoms with E-state index >= 15 is 0 Å². The average molecular weight is 576 g/mol. The Morgan fingerprint density at radius 1 is 1.15 bits per heavy atom. The lowest BCUT2D eigenvalue weighted by Crippen LogP contribution is -2.45. The number of benzene rings is 2. The third-order valence-electron chi connectivity index (χ3n) is 7.94. The quantitative estimate of drug-likeness (QED) is 0.391. The minimum atomic E-state index is -1.02. The van der Waals surface area contributed by atoms with E-state index in [-0.39, 0.29) is 5.91 Å². The molecule has 1 saturated heterocycles. The lowest BCUT2D eigenvalue weighted by molar-refractivity contribution is -0.142. The smallest absolute Gasteiger partial charge is 0.265 e. The summed E-state index contributed by atoms with van der Waals surface area (Å²) in [6, 6.07) is 17.3. The second kappa shape index (κ2) is 11.8. The standard InChI is InChI=1S/C33H38ClN3O4/c1-32(2,31(38)36(3)4)41-25-13-14-30-28(21-25)26(27-7-5-17-35-29(27)22-40-30)8-6-18-37-19-15-33(39,16-20-37)23-9-11-24(34)12-10-23/h5,7-14,17,21,39H,6,15-16,18-20,22H2,1-4H3/b26-8+. The van der Waals surface area contributed by atoms with Gasteiger partial charge in [0.15, 0.2) is 5.60 Å². The molecule has 0 bridgehead atoms. The van der Waals surface area contributed by atoms with Gasteiger partial charge in [0.2, 0.25) is 0 Å². The van der Waals surface area contributed by atoms with Crippen LogP contribution in [0.2, 0.25) is 5.02 Å². The van der Waals surface area contributed by atoms with E-state index in [1.165, 1.54) is 4.90 Å². The van der Waals surface area contributed by atoms with Gasteiger partial charge in [-0.3, -0.25) is 9.78 Å². The maximum absolute atomic E-state index is 12.7. The number of nitrogens with zero attached hydrogens (tertiary/aromatic N) is 3. The summed E-state index contributed by atoms with van der Waals surface area (Å²) < 4.78 is 12.4. The van der Waals surface area contributed by atoms with E-state index in [4.69, 9.17) is 21.1 Å². The normalized spacial score (nSPS) is 17.7. The number of likely N-dealkylation sites (N-methyl/N-ethyl adjacent to an activating group) is 1. The molecule has 3 heterocycles. The van der Waals surface area contributed by atoms with E-state index in [2.05, 4.69) is 22.0 Å². The minimum Gasteiger partial charge on any atom is -0.487 e. The molecule has 0 atom stereocenters. The van der Waals surface area contributed by atoms with Gasteiger partial charge in [-0.15, -0.1) is 0 Å². The third-order valence-corrected chi connectivity index (χ3v) is 8.19. The van der Waals surface area contributed by atoms with E-state index in [1.54, 1.807) is 34.1 Å². The van der Waals surface area contributed by atoms with Gasteiger partial charge in [0.1, 0.15) is 18.1 Å². The molecule has 1 aromatic heterocycles. The van der Waals surface area contributed by atoms with Crippen LogP contribution in [0.4, 0.5) is 0 Å². The van der Waals surface area contributed by atoms with Crippen LogP contribution in [0.1, 0.15) is 55.5 Å². The van der Waals surface area contributed by atoms with Crippen LogP contribution >= 0.6 is 11.6 Å². The summed E-state index contributed by atoms with van der Waals surface area (Å²) in [5.74, 6) is 1.24. The number of carbonyl (C=O) groups excluding carboxylic acids is 1. The van der Waals surface area contributed by atoms with Gasteiger partial charge in [0, 0.05) is 56.1 Å². The number of piperidine rings is 1. The number of aromatic nitrogens is 1. The maximum Gasteiger partial charge on any atom is 0.265 e. The van der Waals surface area contributed by atoms with Crippen LogP contribution in [0, 0.1) is 0 Å². The molecule has 5 rings (SSSR count). The van der Waals surface area contributed by atoms with E-state index in [0.29, 0.717) is 30.2 Å². The predicted molar refractivity (Wildman–Crippen MR) is 161 cm³/mol. The molecule has 2 aliphatic heterocycles. The van der Waals surface area contributed by atoms with Gasteiger partial charge in [-0.25, -0.2) is 0 Å². The van der Waals surface area contributed by atoms with Crippen LogP contribution in [-0.2, 0) is 17.0 Å². The Morgan fingerprint density at radius 2 is 1.88 bits per heavy atom. The largest absolute Gasteiger partial charge is 0.487 e. The van der Waals surface area contributed by atoms with Crippen molar-refractivity contribution in [3.63, 3.8) is 0 Å². The molecule has 0 saturated carbocycles. The Labute approximate surface area is 247 Å². The number of rotatable bonds is 7. The molecular weight excluding hydrogens is 538 g/mol. The SMILES string of the molecule is CN(C)C(=O)C(C)(C)Oc1ccc2c(c1)/C(=C/CCN1CCC(O)(c3ccc(Cl)cc3)CC1)c1cccnc1CO2. The number of pyridine rings is 1. The van der Waals surface area contributed by atoms with Gasteiger partial charge in [0.25, 0.3) is 5.91 Å². The molecule has 0 radical (unpaired) electrons. The first-order valence-corrected chi connectivity index (χ1v) is 14.5. The number of ether oxygens (including phenoxy) is 2. The molecule has 2 aliphatic rings. The highest BCUT2D eigenvalue weighted by molar-refractivity contribution is 6.30. The van der Waals surface area contributed by atoms with Crippen LogP contribution in [0.5, 0.6) is 11.5 Å². The first kappa shape index (κ1) is 29.1. The van der Waals surface area contributed by atoms with E-state index < -0.39 is 11.2 Å². The lowest BCUT2D eigenvalue weighted by Gasteiger charge is -2.38. The fraction of sp³-hybridized carbons (Fsp3) is 0.394. The highest BCUT2D eigenvalue weighted by Crippen LogP contribution is 2.39. The highest BCUT2D eigenvalue weighted by Gasteiger charge is 2.34.